The van der Waals surface area contributed by atoms with E-state index >= 15 is 0 Å². The van der Waals surface area contributed by atoms with Gasteiger partial charge in [0.1, 0.15) is 11.7 Å². The zero-order chi connectivity index (χ0) is 15.0. The number of benzene rings is 1. The van der Waals surface area contributed by atoms with Crippen LogP contribution in [0.1, 0.15) is 16.9 Å². The number of amides is 1. The van der Waals surface area contributed by atoms with Gasteiger partial charge in [-0.25, -0.2) is 4.79 Å². The van der Waals surface area contributed by atoms with Gasteiger partial charge in [0.25, 0.3) is 5.91 Å². The fourth-order valence-corrected chi connectivity index (χ4v) is 2.70. The number of carboxylic acid groups (broad SMARTS) is 1. The number of fused-ring (bicyclic) bond motifs is 1. The lowest BCUT2D eigenvalue weighted by Crippen LogP contribution is -2.41. The number of hydrogen-bond donors (Lipinski definition) is 2. The fraction of sp³-hybridized carbons (Fsp3) is 0.267. The highest BCUT2D eigenvalue weighted by molar-refractivity contribution is 6.06. The average molecular weight is 286 g/mol. The highest BCUT2D eigenvalue weighted by Crippen LogP contribution is 2.23. The Kier molecular flexibility index (Phi) is 3.31. The summed E-state index contributed by atoms with van der Waals surface area (Å²) >= 11 is 0. The molecule has 0 unspecified atom stereocenters. The maximum Gasteiger partial charge on any atom is 0.326 e. The van der Waals surface area contributed by atoms with Crippen molar-refractivity contribution in [1.82, 2.24) is 9.88 Å². The van der Waals surface area contributed by atoms with E-state index in [0.29, 0.717) is 5.39 Å². The van der Waals surface area contributed by atoms with Gasteiger partial charge in [-0.15, -0.1) is 0 Å². The van der Waals surface area contributed by atoms with E-state index in [2.05, 4.69) is 4.98 Å². The molecule has 0 bridgehead atoms. The average Bonchev–Trinajstić information content (AvgIpc) is 2.88. The van der Waals surface area contributed by atoms with Gasteiger partial charge >= 0.3 is 5.97 Å². The first-order chi connectivity index (χ1) is 10.1. The number of carbonyl (C=O) groups is 2. The number of carbonyl (C=O) groups excluding carboxylic acids is 1. The van der Waals surface area contributed by atoms with Crippen LogP contribution >= 0.6 is 0 Å². The first kappa shape index (κ1) is 13.5. The molecule has 0 aliphatic carbocycles. The molecule has 3 rings (SSSR count). The quantitative estimate of drug-likeness (QED) is 0.855. The smallest absolute Gasteiger partial charge is 0.326 e. The molecule has 108 valence electrons. The van der Waals surface area contributed by atoms with Crippen LogP contribution < -0.4 is 0 Å². The van der Waals surface area contributed by atoms with E-state index in [9.17, 15) is 19.8 Å². The summed E-state index contributed by atoms with van der Waals surface area (Å²) in [6, 6.07) is 8.08. The van der Waals surface area contributed by atoms with E-state index in [0.717, 1.165) is 5.39 Å². The second kappa shape index (κ2) is 5.14. The molecular weight excluding hydrogens is 272 g/mol. The van der Waals surface area contributed by atoms with Crippen LogP contribution in [0, 0.1) is 0 Å². The van der Waals surface area contributed by atoms with Crippen LogP contribution in [0.15, 0.2) is 36.5 Å². The zero-order valence-electron chi connectivity index (χ0n) is 11.1. The van der Waals surface area contributed by atoms with Crippen molar-refractivity contribution in [3.05, 3.63) is 42.2 Å². The summed E-state index contributed by atoms with van der Waals surface area (Å²) < 4.78 is 0. The minimum atomic E-state index is -1.11. The van der Waals surface area contributed by atoms with E-state index < -0.39 is 24.0 Å². The molecule has 1 aromatic heterocycles. The zero-order valence-corrected chi connectivity index (χ0v) is 11.1. The number of β-amino-alcohol motifs (C(OH)–C–C–N with tert-alkyl or cyclic N) is 1. The van der Waals surface area contributed by atoms with Crippen molar-refractivity contribution in [3.8, 4) is 0 Å². The Balaban J connectivity index is 2.02. The maximum absolute atomic E-state index is 12.6. The minimum Gasteiger partial charge on any atom is -0.480 e. The number of aromatic nitrogens is 1. The number of aliphatic carboxylic acids is 1. The third-order valence-corrected chi connectivity index (χ3v) is 3.70. The number of pyridine rings is 1. The van der Waals surface area contributed by atoms with Crippen LogP contribution in [-0.2, 0) is 4.79 Å². The third kappa shape index (κ3) is 2.34. The molecule has 2 atom stereocenters. The summed E-state index contributed by atoms with van der Waals surface area (Å²) in [6.07, 6.45) is 0.758. The van der Waals surface area contributed by atoms with E-state index in [4.69, 9.17) is 0 Å². The fourth-order valence-electron chi connectivity index (χ4n) is 2.70. The molecule has 1 aliphatic rings. The molecule has 0 radical (unpaired) electrons. The Morgan fingerprint density at radius 1 is 1.24 bits per heavy atom. The minimum absolute atomic E-state index is 0.0146. The molecule has 1 amide bonds. The van der Waals surface area contributed by atoms with Gasteiger partial charge in [-0.1, -0.05) is 24.3 Å². The summed E-state index contributed by atoms with van der Waals surface area (Å²) in [5.41, 5.74) is 0.216. The van der Waals surface area contributed by atoms with Crippen LogP contribution in [0.4, 0.5) is 0 Å². The second-order valence-electron chi connectivity index (χ2n) is 5.08. The monoisotopic (exact) mass is 286 g/mol. The summed E-state index contributed by atoms with van der Waals surface area (Å²) in [6.45, 7) is 0.0146. The molecule has 2 N–H and O–H groups in total. The van der Waals surface area contributed by atoms with Crippen molar-refractivity contribution >= 4 is 22.6 Å². The summed E-state index contributed by atoms with van der Waals surface area (Å²) in [7, 11) is 0. The van der Waals surface area contributed by atoms with Crippen molar-refractivity contribution in [2.75, 3.05) is 6.54 Å². The van der Waals surface area contributed by atoms with Gasteiger partial charge in [-0.3, -0.25) is 9.78 Å². The predicted molar refractivity (Wildman–Crippen MR) is 74.8 cm³/mol. The molecule has 21 heavy (non-hydrogen) atoms. The van der Waals surface area contributed by atoms with Crippen molar-refractivity contribution in [3.63, 3.8) is 0 Å². The Morgan fingerprint density at radius 3 is 2.76 bits per heavy atom. The number of aliphatic hydroxyl groups excluding tert-OH is 1. The topological polar surface area (TPSA) is 90.7 Å². The lowest BCUT2D eigenvalue weighted by molar-refractivity contribution is -0.141. The van der Waals surface area contributed by atoms with Crippen molar-refractivity contribution in [1.29, 1.82) is 0 Å². The molecule has 0 saturated carbocycles. The number of hydrogen-bond acceptors (Lipinski definition) is 4. The number of likely N-dealkylation sites (tertiary alicyclic amines) is 1. The predicted octanol–water partition coefficient (Wildman–Crippen LogP) is 0.895. The van der Waals surface area contributed by atoms with Crippen LogP contribution in [-0.4, -0.2) is 50.7 Å². The molecule has 1 fully saturated rings. The van der Waals surface area contributed by atoms with Crippen LogP contribution in [0.3, 0.4) is 0 Å². The van der Waals surface area contributed by atoms with Crippen molar-refractivity contribution in [2.45, 2.75) is 18.6 Å². The van der Waals surface area contributed by atoms with Gasteiger partial charge in [0.15, 0.2) is 0 Å². The number of rotatable bonds is 2. The normalized spacial score (nSPS) is 21.7. The molecule has 1 aliphatic heterocycles. The van der Waals surface area contributed by atoms with E-state index in [-0.39, 0.29) is 18.7 Å². The first-order valence-electron chi connectivity index (χ1n) is 6.63. The van der Waals surface area contributed by atoms with Crippen molar-refractivity contribution < 1.29 is 19.8 Å². The van der Waals surface area contributed by atoms with Gasteiger partial charge in [0.2, 0.25) is 0 Å². The largest absolute Gasteiger partial charge is 0.480 e. The number of carboxylic acids is 1. The Bertz CT molecular complexity index is 710. The molecule has 1 saturated heterocycles. The highest BCUT2D eigenvalue weighted by Gasteiger charge is 2.39. The Hall–Kier alpha value is -2.47. The third-order valence-electron chi connectivity index (χ3n) is 3.70. The number of aliphatic hydroxyl groups is 1. The SMILES string of the molecule is O=C(O)[C@H]1C[C@@H](O)CN1C(=O)c1nccc2ccccc12. The Labute approximate surface area is 120 Å². The van der Waals surface area contributed by atoms with E-state index in [1.165, 1.54) is 11.1 Å². The molecule has 6 nitrogen and oxygen atoms in total. The lowest BCUT2D eigenvalue weighted by Gasteiger charge is -2.21. The van der Waals surface area contributed by atoms with E-state index in [1.54, 1.807) is 18.2 Å². The van der Waals surface area contributed by atoms with Crippen LogP contribution in [0.2, 0.25) is 0 Å². The Morgan fingerprint density at radius 2 is 2.00 bits per heavy atom. The molecule has 2 heterocycles. The standard InChI is InChI=1S/C15H14N2O4/c18-10-7-12(15(20)21)17(8-10)14(19)13-11-4-2-1-3-9(11)5-6-16-13/h1-6,10,12,18H,7-8H2,(H,20,21)/t10-,12-/m1/s1. The van der Waals surface area contributed by atoms with Gasteiger partial charge in [-0.2, -0.15) is 0 Å². The molecular formula is C15H14N2O4. The van der Waals surface area contributed by atoms with Crippen LogP contribution in [0.5, 0.6) is 0 Å². The van der Waals surface area contributed by atoms with Crippen molar-refractivity contribution in [2.24, 2.45) is 0 Å². The first-order valence-corrected chi connectivity index (χ1v) is 6.63. The molecule has 6 heteroatoms. The second-order valence-corrected chi connectivity index (χ2v) is 5.08. The summed E-state index contributed by atoms with van der Waals surface area (Å²) in [5, 5.41) is 20.4. The van der Waals surface area contributed by atoms with E-state index in [1.807, 2.05) is 12.1 Å². The molecule has 2 aromatic rings. The van der Waals surface area contributed by atoms with Crippen LogP contribution in [0.25, 0.3) is 10.8 Å². The van der Waals surface area contributed by atoms with Gasteiger partial charge in [0.05, 0.1) is 6.10 Å². The lowest BCUT2D eigenvalue weighted by atomic mass is 10.1. The summed E-state index contributed by atoms with van der Waals surface area (Å²) in [4.78, 5) is 29.1. The van der Waals surface area contributed by atoms with Gasteiger partial charge < -0.3 is 15.1 Å². The molecule has 0 spiro atoms. The maximum atomic E-state index is 12.6. The van der Waals surface area contributed by atoms with Gasteiger partial charge in [-0.05, 0) is 11.5 Å². The highest BCUT2D eigenvalue weighted by atomic mass is 16.4. The van der Waals surface area contributed by atoms with Gasteiger partial charge in [0, 0.05) is 24.5 Å². The number of nitrogens with zero attached hydrogens (tertiary/aromatic N) is 2. The molecule has 1 aromatic carbocycles. The summed E-state index contributed by atoms with van der Waals surface area (Å²) in [5.74, 6) is -1.57.